The van der Waals surface area contributed by atoms with E-state index in [2.05, 4.69) is 10.2 Å². The predicted octanol–water partition coefficient (Wildman–Crippen LogP) is 0.954. The lowest BCUT2D eigenvalue weighted by atomic mass is 10.1. The number of aromatic hydroxyl groups is 1. The molecule has 1 aliphatic rings. The number of hydrogen-bond acceptors (Lipinski definition) is 5. The van der Waals surface area contributed by atoms with E-state index in [9.17, 15) is 9.50 Å². The summed E-state index contributed by atoms with van der Waals surface area (Å²) in [4.78, 5) is 2.15. The highest BCUT2D eigenvalue weighted by Gasteiger charge is 2.21. The fraction of sp³-hybridized carbons (Fsp3) is 0.538. The number of benzene rings is 1. The number of halogens is 1. The van der Waals surface area contributed by atoms with Crippen molar-refractivity contribution in [1.82, 2.24) is 10.2 Å². The van der Waals surface area contributed by atoms with Crippen LogP contribution >= 0.6 is 0 Å². The molecule has 0 atom stereocenters. The van der Waals surface area contributed by atoms with Gasteiger partial charge < -0.3 is 19.9 Å². The van der Waals surface area contributed by atoms with Crippen molar-refractivity contribution in [1.29, 1.82) is 0 Å². The van der Waals surface area contributed by atoms with Crippen LogP contribution in [0.15, 0.2) is 6.07 Å². The van der Waals surface area contributed by atoms with E-state index >= 15 is 0 Å². The Bertz CT molecular complexity index is 448. The summed E-state index contributed by atoms with van der Waals surface area (Å²) in [6.07, 6.45) is 0. The molecular formula is C13H19FN2O3. The zero-order valence-electron chi connectivity index (χ0n) is 11.2. The van der Waals surface area contributed by atoms with Crippen LogP contribution in [0.25, 0.3) is 0 Å². The molecular weight excluding hydrogens is 251 g/mol. The molecule has 0 unspecified atom stereocenters. The highest BCUT2D eigenvalue weighted by molar-refractivity contribution is 5.51. The first-order chi connectivity index (χ1) is 9.17. The summed E-state index contributed by atoms with van der Waals surface area (Å²) in [5.74, 6) is -0.907. The molecule has 0 radical (unpaired) electrons. The average Bonchev–Trinajstić information content (AvgIpc) is 2.45. The number of nitrogens with one attached hydrogen (secondary N) is 1. The van der Waals surface area contributed by atoms with E-state index in [1.54, 1.807) is 6.07 Å². The van der Waals surface area contributed by atoms with Gasteiger partial charge in [0.15, 0.2) is 11.5 Å². The van der Waals surface area contributed by atoms with Gasteiger partial charge in [-0.2, -0.15) is 4.39 Å². The molecule has 0 bridgehead atoms. The Morgan fingerprint density at radius 1 is 1.32 bits per heavy atom. The maximum atomic E-state index is 14.0. The van der Waals surface area contributed by atoms with Crippen molar-refractivity contribution in [3.8, 4) is 17.2 Å². The molecule has 1 aromatic rings. The van der Waals surface area contributed by atoms with E-state index in [0.29, 0.717) is 17.9 Å². The van der Waals surface area contributed by atoms with Crippen molar-refractivity contribution < 1.29 is 19.0 Å². The lowest BCUT2D eigenvalue weighted by molar-refractivity contribution is 0.228. The maximum Gasteiger partial charge on any atom is 0.210 e. The van der Waals surface area contributed by atoms with Crippen LogP contribution in [-0.2, 0) is 6.54 Å². The van der Waals surface area contributed by atoms with Crippen molar-refractivity contribution in [3.05, 3.63) is 17.4 Å². The van der Waals surface area contributed by atoms with Gasteiger partial charge >= 0.3 is 0 Å². The van der Waals surface area contributed by atoms with Crippen LogP contribution in [-0.4, -0.2) is 50.4 Å². The number of rotatable bonds is 4. The zero-order chi connectivity index (χ0) is 13.8. The quantitative estimate of drug-likeness (QED) is 0.853. The van der Waals surface area contributed by atoms with Crippen molar-refractivity contribution in [2.75, 3.05) is 40.4 Å². The van der Waals surface area contributed by atoms with Gasteiger partial charge in [0.25, 0.3) is 0 Å². The van der Waals surface area contributed by atoms with E-state index in [1.807, 2.05) is 0 Å². The fourth-order valence-corrected chi connectivity index (χ4v) is 2.22. The SMILES string of the molecule is COc1cc(CN2CCNCC2)c(O)c(F)c1OC. The summed E-state index contributed by atoms with van der Waals surface area (Å²) in [7, 11) is 2.79. The Hall–Kier alpha value is -1.53. The number of nitrogens with zero attached hydrogens (tertiary/aromatic N) is 1. The number of ether oxygens (including phenoxy) is 2. The molecule has 0 amide bonds. The van der Waals surface area contributed by atoms with Crippen molar-refractivity contribution in [3.63, 3.8) is 0 Å². The lowest BCUT2D eigenvalue weighted by Gasteiger charge is -2.27. The van der Waals surface area contributed by atoms with Crippen LogP contribution in [0.4, 0.5) is 4.39 Å². The second-order valence-corrected chi connectivity index (χ2v) is 4.46. The first kappa shape index (κ1) is 13.9. The van der Waals surface area contributed by atoms with Crippen molar-refractivity contribution in [2.24, 2.45) is 0 Å². The van der Waals surface area contributed by atoms with E-state index in [0.717, 1.165) is 26.2 Å². The standard InChI is InChI=1S/C13H19FN2O3/c1-18-10-7-9(8-16-5-3-15-4-6-16)12(17)11(14)13(10)19-2/h7,15,17H,3-6,8H2,1-2H3. The molecule has 5 nitrogen and oxygen atoms in total. The summed E-state index contributed by atoms with van der Waals surface area (Å²) >= 11 is 0. The average molecular weight is 270 g/mol. The fourth-order valence-electron chi connectivity index (χ4n) is 2.22. The molecule has 0 aliphatic carbocycles. The van der Waals surface area contributed by atoms with Gasteiger partial charge in [-0.3, -0.25) is 4.90 Å². The third-order valence-electron chi connectivity index (χ3n) is 3.27. The number of phenolic OH excluding ortho intramolecular Hbond substituents is 1. The second-order valence-electron chi connectivity index (χ2n) is 4.46. The van der Waals surface area contributed by atoms with E-state index in [-0.39, 0.29) is 11.5 Å². The molecule has 0 saturated carbocycles. The Kier molecular flexibility index (Phi) is 4.44. The summed E-state index contributed by atoms with van der Waals surface area (Å²) in [6.45, 7) is 4.03. The Labute approximate surface area is 111 Å². The molecule has 2 rings (SSSR count). The highest BCUT2D eigenvalue weighted by atomic mass is 19.1. The molecule has 1 aliphatic heterocycles. The van der Waals surface area contributed by atoms with Gasteiger partial charge in [-0.05, 0) is 6.07 Å². The monoisotopic (exact) mass is 270 g/mol. The lowest BCUT2D eigenvalue weighted by Crippen LogP contribution is -2.42. The molecule has 1 fully saturated rings. The van der Waals surface area contributed by atoms with Crippen LogP contribution in [0.3, 0.4) is 0 Å². The van der Waals surface area contributed by atoms with Crippen LogP contribution in [0.2, 0.25) is 0 Å². The normalized spacial score (nSPS) is 16.4. The molecule has 19 heavy (non-hydrogen) atoms. The molecule has 0 spiro atoms. The van der Waals surface area contributed by atoms with Gasteiger partial charge in [-0.25, -0.2) is 0 Å². The molecule has 1 saturated heterocycles. The topological polar surface area (TPSA) is 54.0 Å². The largest absolute Gasteiger partial charge is 0.504 e. The van der Waals surface area contributed by atoms with Gasteiger partial charge in [-0.1, -0.05) is 0 Å². The molecule has 1 heterocycles. The van der Waals surface area contributed by atoms with Crippen LogP contribution in [0, 0.1) is 5.82 Å². The van der Waals surface area contributed by atoms with E-state index in [1.165, 1.54) is 14.2 Å². The predicted molar refractivity (Wildman–Crippen MR) is 69.3 cm³/mol. The van der Waals surface area contributed by atoms with E-state index in [4.69, 9.17) is 9.47 Å². The Balaban J connectivity index is 2.26. The molecule has 106 valence electrons. The van der Waals surface area contributed by atoms with E-state index < -0.39 is 5.82 Å². The van der Waals surface area contributed by atoms with Gasteiger partial charge in [-0.15, -0.1) is 0 Å². The van der Waals surface area contributed by atoms with Gasteiger partial charge in [0.05, 0.1) is 14.2 Å². The third-order valence-corrected chi connectivity index (χ3v) is 3.27. The number of piperazine rings is 1. The first-order valence-corrected chi connectivity index (χ1v) is 6.22. The van der Waals surface area contributed by atoms with Crippen LogP contribution in [0.1, 0.15) is 5.56 Å². The molecule has 6 heteroatoms. The Morgan fingerprint density at radius 3 is 2.58 bits per heavy atom. The smallest absolute Gasteiger partial charge is 0.210 e. The molecule has 2 N–H and O–H groups in total. The zero-order valence-corrected chi connectivity index (χ0v) is 11.2. The van der Waals surface area contributed by atoms with Crippen molar-refractivity contribution >= 4 is 0 Å². The summed E-state index contributed by atoms with van der Waals surface area (Å²) < 4.78 is 24.0. The summed E-state index contributed by atoms with van der Waals surface area (Å²) in [5.41, 5.74) is 0.511. The molecule has 1 aromatic carbocycles. The van der Waals surface area contributed by atoms with Gasteiger partial charge in [0, 0.05) is 38.3 Å². The third kappa shape index (κ3) is 2.90. The number of methoxy groups -OCH3 is 2. The minimum Gasteiger partial charge on any atom is -0.504 e. The second kappa shape index (κ2) is 6.08. The first-order valence-electron chi connectivity index (χ1n) is 6.22. The highest BCUT2D eigenvalue weighted by Crippen LogP contribution is 2.38. The number of phenols is 1. The van der Waals surface area contributed by atoms with Gasteiger partial charge in [0.1, 0.15) is 0 Å². The minimum absolute atomic E-state index is 0.0657. The van der Waals surface area contributed by atoms with Crippen LogP contribution in [0.5, 0.6) is 17.2 Å². The van der Waals surface area contributed by atoms with Crippen LogP contribution < -0.4 is 14.8 Å². The number of hydrogen-bond donors (Lipinski definition) is 2. The molecule has 0 aromatic heterocycles. The summed E-state index contributed by atoms with van der Waals surface area (Å²) in [5, 5.41) is 13.2. The van der Waals surface area contributed by atoms with Crippen molar-refractivity contribution in [2.45, 2.75) is 6.54 Å². The Morgan fingerprint density at radius 2 is 2.00 bits per heavy atom. The van der Waals surface area contributed by atoms with Gasteiger partial charge in [0.2, 0.25) is 11.6 Å². The minimum atomic E-state index is -0.771. The summed E-state index contributed by atoms with van der Waals surface area (Å²) in [6, 6.07) is 1.62. The maximum absolute atomic E-state index is 14.0.